The molecule has 1 unspecified atom stereocenters. The normalized spacial score (nSPS) is 12.6. The summed E-state index contributed by atoms with van der Waals surface area (Å²) < 4.78 is 5.10. The van der Waals surface area contributed by atoms with Gasteiger partial charge in [-0.2, -0.15) is 10.2 Å². The zero-order chi connectivity index (χ0) is 19.6. The smallest absolute Gasteiger partial charge is 0.260 e. The maximum atomic E-state index is 12.4. The Morgan fingerprint density at radius 1 is 1.30 bits per heavy atom. The molecule has 0 aliphatic heterocycles. The van der Waals surface area contributed by atoms with Gasteiger partial charge in [0.25, 0.3) is 5.56 Å². The lowest BCUT2D eigenvalue weighted by Gasteiger charge is -2.06. The molecular weight excluding hydrogens is 384 g/mol. The monoisotopic (exact) mass is 402 g/mol. The lowest BCUT2D eigenvalue weighted by Crippen LogP contribution is -2.14. The van der Waals surface area contributed by atoms with E-state index in [1.807, 2.05) is 13.8 Å². The summed E-state index contributed by atoms with van der Waals surface area (Å²) in [5.41, 5.74) is 1.32. The third-order valence-corrected chi connectivity index (χ3v) is 6.11. The van der Waals surface area contributed by atoms with Crippen molar-refractivity contribution in [2.24, 2.45) is 10.2 Å². The molecule has 3 aromatic rings. The molecule has 2 aromatic heterocycles. The fourth-order valence-corrected chi connectivity index (χ4v) is 4.21. The van der Waals surface area contributed by atoms with Crippen molar-refractivity contribution in [3.05, 3.63) is 45.1 Å². The number of ether oxygens (including phenoxy) is 1. The van der Waals surface area contributed by atoms with E-state index >= 15 is 0 Å². The third-order valence-electron chi connectivity index (χ3n) is 3.94. The predicted molar refractivity (Wildman–Crippen MR) is 108 cm³/mol. The number of thioether (sulfide) groups is 1. The minimum absolute atomic E-state index is 0.182. The van der Waals surface area contributed by atoms with Crippen molar-refractivity contribution < 1.29 is 9.53 Å². The molecule has 0 spiro atoms. The number of ketones is 1. The average Bonchev–Trinajstić information content (AvgIpc) is 2.93. The van der Waals surface area contributed by atoms with Crippen LogP contribution in [-0.4, -0.2) is 28.2 Å². The topological polar surface area (TPSA) is 96.8 Å². The highest BCUT2D eigenvalue weighted by Crippen LogP contribution is 2.29. The fourth-order valence-electron chi connectivity index (χ4n) is 2.35. The van der Waals surface area contributed by atoms with Gasteiger partial charge in [0.05, 0.1) is 18.2 Å². The summed E-state index contributed by atoms with van der Waals surface area (Å²) >= 11 is 2.53. The van der Waals surface area contributed by atoms with Crippen molar-refractivity contribution in [1.29, 1.82) is 0 Å². The molecule has 0 aliphatic carbocycles. The van der Waals surface area contributed by atoms with Crippen LogP contribution in [0.5, 0.6) is 5.75 Å². The molecule has 0 amide bonds. The Bertz CT molecular complexity index is 1070. The molecule has 0 bridgehead atoms. The number of carbonyl (C=O) groups excluding carboxylic acids is 1. The zero-order valence-corrected chi connectivity index (χ0v) is 16.9. The largest absolute Gasteiger partial charge is 0.497 e. The molecule has 0 radical (unpaired) electrons. The van der Waals surface area contributed by atoms with Gasteiger partial charge in [-0.05, 0) is 50.6 Å². The standard InChI is InChI=1S/C18H18N4O3S2/c1-9-11(3)26-17-14(9)15(24)19-18(20-17)27-16(10(2)23)22-21-12-5-7-13(25-4)8-6-12/h5-8,16H,1-4H3,(H,19,20,24). The second-order valence-electron chi connectivity index (χ2n) is 5.83. The number of aryl methyl sites for hydroxylation is 2. The minimum atomic E-state index is -0.796. The number of aromatic nitrogens is 2. The Kier molecular flexibility index (Phi) is 5.71. The van der Waals surface area contributed by atoms with Crippen molar-refractivity contribution >= 4 is 44.8 Å². The SMILES string of the molecule is COc1ccc(N=NC(Sc2nc3sc(C)c(C)c3c(=O)[nH]2)C(C)=O)cc1. The molecule has 27 heavy (non-hydrogen) atoms. The summed E-state index contributed by atoms with van der Waals surface area (Å²) in [6.45, 7) is 5.29. The first-order valence-electron chi connectivity index (χ1n) is 8.11. The number of nitrogens with zero attached hydrogens (tertiary/aromatic N) is 3. The molecule has 0 aliphatic rings. The summed E-state index contributed by atoms with van der Waals surface area (Å²) in [5.74, 6) is 0.529. The maximum absolute atomic E-state index is 12.4. The second kappa shape index (κ2) is 8.01. The Labute approximate surface area is 163 Å². The number of Topliss-reactive ketones (excluding diaryl/α,β-unsaturated/α-hetero) is 1. The number of rotatable bonds is 6. The number of thiophene rings is 1. The highest BCUT2D eigenvalue weighted by molar-refractivity contribution is 8.00. The van der Waals surface area contributed by atoms with Gasteiger partial charge in [-0.25, -0.2) is 4.98 Å². The van der Waals surface area contributed by atoms with E-state index in [1.54, 1.807) is 31.4 Å². The lowest BCUT2D eigenvalue weighted by atomic mass is 10.2. The van der Waals surface area contributed by atoms with E-state index in [9.17, 15) is 9.59 Å². The maximum Gasteiger partial charge on any atom is 0.260 e. The summed E-state index contributed by atoms with van der Waals surface area (Å²) in [5, 5.41) is 8.38. The van der Waals surface area contributed by atoms with Gasteiger partial charge in [-0.1, -0.05) is 11.8 Å². The summed E-state index contributed by atoms with van der Waals surface area (Å²) in [6, 6.07) is 7.01. The van der Waals surface area contributed by atoms with Crippen LogP contribution in [0.4, 0.5) is 5.69 Å². The highest BCUT2D eigenvalue weighted by atomic mass is 32.2. The van der Waals surface area contributed by atoms with Crippen LogP contribution in [0.15, 0.2) is 44.4 Å². The van der Waals surface area contributed by atoms with Gasteiger partial charge in [0.15, 0.2) is 16.3 Å². The minimum Gasteiger partial charge on any atom is -0.497 e. The summed E-state index contributed by atoms with van der Waals surface area (Å²) in [4.78, 5) is 33.3. The van der Waals surface area contributed by atoms with Crippen LogP contribution < -0.4 is 10.3 Å². The number of carbonyl (C=O) groups is 1. The quantitative estimate of drug-likeness (QED) is 0.374. The van der Waals surface area contributed by atoms with Gasteiger partial charge in [0.1, 0.15) is 10.6 Å². The molecule has 1 N–H and O–H groups in total. The van der Waals surface area contributed by atoms with Crippen molar-refractivity contribution in [2.45, 2.75) is 31.3 Å². The van der Waals surface area contributed by atoms with Crippen LogP contribution >= 0.6 is 23.1 Å². The lowest BCUT2D eigenvalue weighted by molar-refractivity contribution is -0.116. The van der Waals surface area contributed by atoms with Crippen molar-refractivity contribution in [2.75, 3.05) is 7.11 Å². The van der Waals surface area contributed by atoms with Crippen LogP contribution in [0.3, 0.4) is 0 Å². The van der Waals surface area contributed by atoms with E-state index in [2.05, 4.69) is 20.2 Å². The van der Waals surface area contributed by atoms with E-state index in [4.69, 9.17) is 4.74 Å². The predicted octanol–water partition coefficient (Wildman–Crippen LogP) is 4.40. The molecule has 2 heterocycles. The molecule has 7 nitrogen and oxygen atoms in total. The van der Waals surface area contributed by atoms with Crippen molar-refractivity contribution in [3.63, 3.8) is 0 Å². The zero-order valence-electron chi connectivity index (χ0n) is 15.3. The second-order valence-corrected chi connectivity index (χ2v) is 8.10. The molecular formula is C18H18N4O3S2. The summed E-state index contributed by atoms with van der Waals surface area (Å²) in [7, 11) is 1.58. The van der Waals surface area contributed by atoms with Crippen LogP contribution in [0, 0.1) is 13.8 Å². The first kappa shape index (κ1) is 19.2. The number of aromatic amines is 1. The van der Waals surface area contributed by atoms with Gasteiger partial charge in [0, 0.05) is 4.88 Å². The van der Waals surface area contributed by atoms with Crippen molar-refractivity contribution in [1.82, 2.24) is 9.97 Å². The number of H-pyrrole nitrogens is 1. The van der Waals surface area contributed by atoms with Gasteiger partial charge in [0.2, 0.25) is 0 Å². The van der Waals surface area contributed by atoms with Gasteiger partial charge in [-0.3, -0.25) is 9.59 Å². The average molecular weight is 403 g/mol. The van der Waals surface area contributed by atoms with Crippen LogP contribution in [-0.2, 0) is 4.79 Å². The van der Waals surface area contributed by atoms with Gasteiger partial charge < -0.3 is 9.72 Å². The molecule has 0 saturated heterocycles. The number of hydrogen-bond donors (Lipinski definition) is 1. The van der Waals surface area contributed by atoms with E-state index in [0.717, 1.165) is 22.2 Å². The first-order valence-corrected chi connectivity index (χ1v) is 9.80. The number of hydrogen-bond acceptors (Lipinski definition) is 8. The van der Waals surface area contributed by atoms with E-state index in [0.29, 0.717) is 26.8 Å². The molecule has 3 rings (SSSR count). The number of methoxy groups -OCH3 is 1. The Hall–Kier alpha value is -2.52. The number of benzene rings is 1. The van der Waals surface area contributed by atoms with E-state index < -0.39 is 5.37 Å². The van der Waals surface area contributed by atoms with Crippen LogP contribution in [0.2, 0.25) is 0 Å². The molecule has 1 atom stereocenters. The Morgan fingerprint density at radius 2 is 2.00 bits per heavy atom. The van der Waals surface area contributed by atoms with Gasteiger partial charge in [-0.15, -0.1) is 11.3 Å². The van der Waals surface area contributed by atoms with E-state index in [-0.39, 0.29) is 11.3 Å². The molecule has 1 aromatic carbocycles. The van der Waals surface area contributed by atoms with Crippen LogP contribution in [0.25, 0.3) is 10.2 Å². The number of azo groups is 1. The van der Waals surface area contributed by atoms with E-state index in [1.165, 1.54) is 18.3 Å². The fraction of sp³-hybridized carbons (Fsp3) is 0.278. The first-order chi connectivity index (χ1) is 12.9. The number of nitrogens with one attached hydrogen (secondary N) is 1. The number of fused-ring (bicyclic) bond motifs is 1. The molecule has 0 fully saturated rings. The van der Waals surface area contributed by atoms with Crippen LogP contribution in [0.1, 0.15) is 17.4 Å². The highest BCUT2D eigenvalue weighted by Gasteiger charge is 2.19. The van der Waals surface area contributed by atoms with Gasteiger partial charge >= 0.3 is 0 Å². The Balaban J connectivity index is 1.85. The van der Waals surface area contributed by atoms with Crippen molar-refractivity contribution in [3.8, 4) is 5.75 Å². The molecule has 140 valence electrons. The molecule has 9 heteroatoms. The summed E-state index contributed by atoms with van der Waals surface area (Å²) in [6.07, 6.45) is 0. The molecule has 0 saturated carbocycles. The third kappa shape index (κ3) is 4.25. The Morgan fingerprint density at radius 3 is 2.63 bits per heavy atom.